The average Bonchev–Trinajstić information content (AvgIpc) is 4.28. The Morgan fingerprint density at radius 1 is 0.421 bits per heavy atom. The van der Waals surface area contributed by atoms with E-state index in [9.17, 15) is 0 Å². The minimum atomic E-state index is 0.00709. The quantitative estimate of drug-likeness (QED) is 0.151. The number of para-hydroxylation sites is 6. The Hall–Kier alpha value is -9.00. The van der Waals surface area contributed by atoms with Crippen molar-refractivity contribution >= 4 is 128 Å². The largest absolute Gasteiger partial charge is 0.456 e. The van der Waals surface area contributed by atoms with E-state index in [4.69, 9.17) is 17.7 Å². The molecular formula is C70H52N2O4. The van der Waals surface area contributed by atoms with Crippen molar-refractivity contribution in [2.24, 2.45) is 11.8 Å². The lowest BCUT2D eigenvalue weighted by atomic mass is 9.60. The van der Waals surface area contributed by atoms with Crippen LogP contribution in [0.2, 0.25) is 0 Å². The molecule has 6 nitrogen and oxygen atoms in total. The van der Waals surface area contributed by atoms with Crippen LogP contribution in [0.25, 0.3) is 99.9 Å². The van der Waals surface area contributed by atoms with Crippen LogP contribution in [-0.4, -0.2) is 6.04 Å². The molecule has 0 saturated heterocycles. The molecule has 0 spiro atoms. The van der Waals surface area contributed by atoms with Crippen molar-refractivity contribution in [2.45, 2.75) is 52.0 Å². The number of hydrogen-bond donors (Lipinski definition) is 0. The molecule has 0 N–H and O–H groups in total. The van der Waals surface area contributed by atoms with Crippen molar-refractivity contribution < 1.29 is 17.7 Å². The molecule has 3 aliphatic rings. The maximum Gasteiger partial charge on any atom is 0.159 e. The van der Waals surface area contributed by atoms with E-state index in [-0.39, 0.29) is 23.8 Å². The van der Waals surface area contributed by atoms with Crippen LogP contribution >= 0.6 is 0 Å². The summed E-state index contributed by atoms with van der Waals surface area (Å²) in [4.78, 5) is 5.11. The highest BCUT2D eigenvalue weighted by Gasteiger charge is 2.46. The van der Waals surface area contributed by atoms with Crippen LogP contribution in [0.3, 0.4) is 0 Å². The van der Waals surface area contributed by atoms with Gasteiger partial charge in [-0.3, -0.25) is 0 Å². The van der Waals surface area contributed by atoms with Crippen molar-refractivity contribution in [1.82, 2.24) is 0 Å². The average molecular weight is 985 g/mol. The molecule has 0 aliphatic heterocycles. The van der Waals surface area contributed by atoms with Crippen LogP contribution in [0.4, 0.5) is 28.4 Å². The lowest BCUT2D eigenvalue weighted by Gasteiger charge is -2.49. The second kappa shape index (κ2) is 16.2. The molecule has 4 heterocycles. The molecule has 0 fully saturated rings. The summed E-state index contributed by atoms with van der Waals surface area (Å²) in [7, 11) is 0. The number of anilines is 5. The number of rotatable bonds is 8. The number of allylic oxidation sites excluding steroid dienone is 2. The summed E-state index contributed by atoms with van der Waals surface area (Å²) < 4.78 is 26.9. The Bertz CT molecular complexity index is 4680. The predicted molar refractivity (Wildman–Crippen MR) is 314 cm³/mol. The Balaban J connectivity index is 0.955. The van der Waals surface area contributed by atoms with Crippen LogP contribution in [0, 0.1) is 11.8 Å². The van der Waals surface area contributed by atoms with Crippen molar-refractivity contribution in [3.63, 3.8) is 0 Å². The summed E-state index contributed by atoms with van der Waals surface area (Å²) in [6, 6.07) is 62.8. The van der Waals surface area contributed by atoms with E-state index in [1.165, 1.54) is 33.4 Å². The number of fused-ring (bicyclic) bond motifs is 12. The van der Waals surface area contributed by atoms with Crippen molar-refractivity contribution in [1.29, 1.82) is 0 Å². The summed E-state index contributed by atoms with van der Waals surface area (Å²) in [6.45, 7) is 9.47. The van der Waals surface area contributed by atoms with E-state index in [1.54, 1.807) is 0 Å². The fraction of sp³-hybridized carbons (Fsp3) is 0.143. The minimum absolute atomic E-state index is 0.00709. The van der Waals surface area contributed by atoms with Gasteiger partial charge in [0.25, 0.3) is 0 Å². The maximum atomic E-state index is 6.98. The van der Waals surface area contributed by atoms with Gasteiger partial charge < -0.3 is 27.5 Å². The number of nitrogens with zero attached hydrogens (tertiary/aromatic N) is 2. The van der Waals surface area contributed by atoms with Crippen LogP contribution in [0.5, 0.6) is 0 Å². The van der Waals surface area contributed by atoms with E-state index < -0.39 is 0 Å². The molecule has 9 aromatic carbocycles. The van der Waals surface area contributed by atoms with Gasteiger partial charge in [-0.2, -0.15) is 0 Å². The van der Waals surface area contributed by atoms with Crippen LogP contribution in [0.15, 0.2) is 217 Å². The van der Waals surface area contributed by atoms with Crippen LogP contribution < -0.4 is 9.80 Å². The third kappa shape index (κ3) is 6.21. The van der Waals surface area contributed by atoms with Gasteiger partial charge in [0.1, 0.15) is 33.5 Å². The normalized spacial score (nSPS) is 17.1. The lowest BCUT2D eigenvalue weighted by Crippen LogP contribution is -2.45. The lowest BCUT2D eigenvalue weighted by molar-refractivity contribution is 0.398. The van der Waals surface area contributed by atoms with Gasteiger partial charge >= 0.3 is 0 Å². The fourth-order valence-corrected chi connectivity index (χ4v) is 13.7. The first-order chi connectivity index (χ1) is 37.3. The first-order valence-corrected chi connectivity index (χ1v) is 26.9. The van der Waals surface area contributed by atoms with Crippen LogP contribution in [0.1, 0.15) is 68.2 Å². The van der Waals surface area contributed by atoms with Gasteiger partial charge in [-0.05, 0) is 119 Å². The van der Waals surface area contributed by atoms with Gasteiger partial charge in [-0.1, -0.05) is 155 Å². The molecule has 3 aliphatic carbocycles. The molecule has 366 valence electrons. The number of benzene rings is 9. The highest BCUT2D eigenvalue weighted by molar-refractivity contribution is 6.13. The molecule has 6 heteroatoms. The summed E-state index contributed by atoms with van der Waals surface area (Å²) in [5, 5.41) is 8.81. The first kappa shape index (κ1) is 43.4. The van der Waals surface area contributed by atoms with Gasteiger partial charge in [0.05, 0.1) is 17.1 Å². The second-order valence-corrected chi connectivity index (χ2v) is 21.8. The smallest absolute Gasteiger partial charge is 0.159 e. The summed E-state index contributed by atoms with van der Waals surface area (Å²) >= 11 is 0. The molecular weight excluding hydrogens is 933 g/mol. The first-order valence-electron chi connectivity index (χ1n) is 26.9. The Kier molecular flexibility index (Phi) is 9.28. The molecule has 16 rings (SSSR count). The van der Waals surface area contributed by atoms with Gasteiger partial charge in [-0.25, -0.2) is 0 Å². The molecule has 0 amide bonds. The minimum Gasteiger partial charge on any atom is -0.456 e. The second-order valence-electron chi connectivity index (χ2n) is 21.8. The molecule has 0 radical (unpaired) electrons. The summed E-state index contributed by atoms with van der Waals surface area (Å²) in [5.74, 6) is 0.676. The SMILES string of the molecule is CC(C)C1=C2C=Cc3c(N(c4ccc5oc6ccccc6c5c4)c4cccc5c4oc4ccccc45)cc(C(C)C)c4c3C2C(C=C4)C(N(c2ccc3oc4ccccc4c3c2)c2cccc3c2oc2ccccc23)C1. The van der Waals surface area contributed by atoms with Crippen LogP contribution in [-0.2, 0) is 0 Å². The van der Waals surface area contributed by atoms with E-state index in [1.807, 2.05) is 12.1 Å². The summed E-state index contributed by atoms with van der Waals surface area (Å²) in [5.41, 5.74) is 20.5. The Morgan fingerprint density at radius 2 is 0.934 bits per heavy atom. The fourth-order valence-electron chi connectivity index (χ4n) is 13.7. The molecule has 0 bridgehead atoms. The molecule has 4 aromatic heterocycles. The third-order valence-electron chi connectivity index (χ3n) is 17.1. The zero-order valence-electron chi connectivity index (χ0n) is 42.7. The number of hydrogen-bond acceptors (Lipinski definition) is 6. The van der Waals surface area contributed by atoms with Gasteiger partial charge in [-0.15, -0.1) is 0 Å². The van der Waals surface area contributed by atoms with E-state index in [2.05, 4.69) is 226 Å². The van der Waals surface area contributed by atoms with Crippen molar-refractivity contribution in [3.05, 3.63) is 221 Å². The highest BCUT2D eigenvalue weighted by Crippen LogP contribution is 2.59. The van der Waals surface area contributed by atoms with E-state index >= 15 is 0 Å². The molecule has 3 unspecified atom stereocenters. The Morgan fingerprint density at radius 3 is 1.54 bits per heavy atom. The molecule has 0 saturated carbocycles. The van der Waals surface area contributed by atoms with Gasteiger partial charge in [0, 0.05) is 77.9 Å². The Labute approximate surface area is 439 Å². The third-order valence-corrected chi connectivity index (χ3v) is 17.1. The maximum absolute atomic E-state index is 6.98. The predicted octanol–water partition coefficient (Wildman–Crippen LogP) is 20.2. The standard InChI is InChI=1S/C70H52N2O4/c1-39(2)53-37-59(71(41-27-33-65-55(35-41)45-17-7-9-23-61(45)73-65)57-21-13-19-49-43-15-5-11-25-63(43)75-69(49)57)51-32-30-48-54(40(3)4)38-60(52-31-29-47(53)67(51)68(48)52)72(42-28-34-66-56(36-42)46-18-8-10-24-62(46)74-66)58-22-14-20-50-44-16-6-12-26-64(44)76-70(50)58/h5-37,39-40,52,60,68H,38H2,1-4H3. The zero-order chi connectivity index (χ0) is 50.5. The number of furan rings is 4. The zero-order valence-corrected chi connectivity index (χ0v) is 42.7. The van der Waals surface area contributed by atoms with E-state index in [0.29, 0.717) is 5.92 Å². The van der Waals surface area contributed by atoms with E-state index in [0.717, 1.165) is 123 Å². The molecule has 3 atom stereocenters. The van der Waals surface area contributed by atoms with Gasteiger partial charge in [0.2, 0.25) is 0 Å². The monoisotopic (exact) mass is 984 g/mol. The van der Waals surface area contributed by atoms with Crippen molar-refractivity contribution in [2.75, 3.05) is 9.80 Å². The summed E-state index contributed by atoms with van der Waals surface area (Å²) in [6.07, 6.45) is 10.8. The van der Waals surface area contributed by atoms with Crippen molar-refractivity contribution in [3.8, 4) is 0 Å². The molecule has 76 heavy (non-hydrogen) atoms. The molecule has 13 aromatic rings. The topological polar surface area (TPSA) is 59.0 Å². The van der Waals surface area contributed by atoms with Gasteiger partial charge in [0.15, 0.2) is 11.2 Å². The highest BCUT2D eigenvalue weighted by atomic mass is 16.3.